The van der Waals surface area contributed by atoms with E-state index >= 15 is 0 Å². The molecule has 0 saturated carbocycles. The Labute approximate surface area is 452 Å². The van der Waals surface area contributed by atoms with Crippen molar-refractivity contribution < 1.29 is 25.8 Å². The summed E-state index contributed by atoms with van der Waals surface area (Å²) in [5.74, 6) is 2.05. The largest absolute Gasteiger partial charge is 0.509 e. The molecule has 0 fully saturated rings. The third kappa shape index (κ3) is 10.6. The zero-order chi connectivity index (χ0) is 51.9. The fraction of sp³-hybridized carbons (Fsp3) is 0.343. The Hall–Kier alpha value is -5.90. The van der Waals surface area contributed by atoms with Gasteiger partial charge in [-0.1, -0.05) is 202 Å². The molecule has 2 aromatic heterocycles. The van der Waals surface area contributed by atoms with Gasteiger partial charge in [-0.15, -0.1) is 53.6 Å². The number of pyridine rings is 1. The fourth-order valence-electron chi connectivity index (χ4n) is 10.2. The molecule has 0 atom stereocenters. The molecule has 382 valence electrons. The molecule has 0 unspecified atom stereocenters. The number of allylic oxidation sites excluding steroid dienone is 2. The van der Waals surface area contributed by atoms with E-state index in [0.717, 1.165) is 50.1 Å². The van der Waals surface area contributed by atoms with Crippen LogP contribution in [0.4, 0.5) is 11.4 Å². The van der Waals surface area contributed by atoms with Crippen molar-refractivity contribution in [2.24, 2.45) is 10.8 Å². The summed E-state index contributed by atoms with van der Waals surface area (Å²) in [7, 11) is 0. The van der Waals surface area contributed by atoms with E-state index in [-0.39, 0.29) is 53.6 Å². The Morgan fingerprint density at radius 1 is 0.452 bits per heavy atom. The normalized spacial score (nSPS) is 14.1. The number of rotatable bonds is 8. The summed E-state index contributed by atoms with van der Waals surface area (Å²) in [5.41, 5.74) is 14.2. The molecule has 5 nitrogen and oxygen atoms in total. The zero-order valence-corrected chi connectivity index (χ0v) is 48.6. The zero-order valence-electron chi connectivity index (χ0n) is 46.4. The summed E-state index contributed by atoms with van der Waals surface area (Å²) in [6, 6.07) is 56.0. The Balaban J connectivity index is 0.00000711. The molecule has 3 heterocycles. The number of hydrogen-bond donors (Lipinski definition) is 0. The van der Waals surface area contributed by atoms with Gasteiger partial charge in [0.15, 0.2) is 0 Å². The molecule has 0 bridgehead atoms. The van der Waals surface area contributed by atoms with E-state index in [0.29, 0.717) is 11.5 Å². The Morgan fingerprint density at radius 3 is 1.63 bits per heavy atom. The topological polar surface area (TPSA) is 33.5 Å². The second-order valence-electron chi connectivity index (χ2n) is 25.7. The predicted molar refractivity (Wildman–Crippen MR) is 305 cm³/mol. The number of fused-ring (bicyclic) bond motifs is 3. The van der Waals surface area contributed by atoms with E-state index in [1.54, 1.807) is 0 Å². The van der Waals surface area contributed by atoms with Crippen LogP contribution in [0.15, 0.2) is 151 Å². The number of anilines is 2. The number of ether oxygens (including phenoxy) is 1. The van der Waals surface area contributed by atoms with Gasteiger partial charge in [-0.2, -0.15) is 6.07 Å². The first-order valence-corrected chi connectivity index (χ1v) is 25.8. The number of nitrogens with zero attached hydrogens (tertiary/aromatic N) is 4. The van der Waals surface area contributed by atoms with E-state index in [1.807, 2.05) is 6.20 Å². The third-order valence-electron chi connectivity index (χ3n) is 14.4. The second-order valence-corrected chi connectivity index (χ2v) is 25.7. The molecular weight excluding hydrogens is 1070 g/mol. The first kappa shape index (κ1) is 53.4. The maximum atomic E-state index is 7.07. The van der Waals surface area contributed by atoms with Gasteiger partial charge in [-0.3, -0.25) is 0 Å². The van der Waals surface area contributed by atoms with Crippen LogP contribution in [0.1, 0.15) is 146 Å². The molecule has 73 heavy (non-hydrogen) atoms. The van der Waals surface area contributed by atoms with Crippen molar-refractivity contribution in [1.29, 1.82) is 0 Å². The van der Waals surface area contributed by atoms with Crippen LogP contribution in [0.3, 0.4) is 0 Å². The van der Waals surface area contributed by atoms with E-state index in [2.05, 4.69) is 284 Å². The summed E-state index contributed by atoms with van der Waals surface area (Å²) in [5, 5.41) is 2.23. The molecule has 0 aliphatic carbocycles. The molecular formula is C67H75N4OPt-3. The molecule has 0 saturated heterocycles. The van der Waals surface area contributed by atoms with Crippen molar-refractivity contribution in [1.82, 2.24) is 9.55 Å². The summed E-state index contributed by atoms with van der Waals surface area (Å²) in [6.45, 7) is 41.5. The summed E-state index contributed by atoms with van der Waals surface area (Å²) < 4.78 is 9.32. The van der Waals surface area contributed by atoms with Crippen molar-refractivity contribution in [3.8, 4) is 28.4 Å². The molecule has 1 aliphatic heterocycles. The molecule has 0 N–H and O–H groups in total. The maximum Gasteiger partial charge on any atom is 0.135 e. The standard InChI is InChI=1S/C67H75N4O.Pt/c1-62(2,3)47-32-33-68-59(40-47)71-57-31-28-48(67(16,17)46-26-22-19-23-27-46)39-56(57)55-30-29-53(42-58(55)71)72-54-35-45(44-24-20-18-21-25-44)34-51(41-54)69-43-70(61(66(13,14)15)60(69)65(10,11)12)52-37-49(63(4,5)6)36-50(38-52)64(7,8)9;/h18-40,43H,1-17H3;/q-3;. The molecule has 8 aromatic rings. The Morgan fingerprint density at radius 2 is 1.04 bits per heavy atom. The summed E-state index contributed by atoms with van der Waals surface area (Å²) >= 11 is 0. The van der Waals surface area contributed by atoms with Crippen molar-refractivity contribution >= 4 is 33.2 Å². The van der Waals surface area contributed by atoms with Gasteiger partial charge < -0.3 is 19.1 Å². The SMILES string of the molecule is CC(C)(C)C1=C(C(C)(C)C)N(c2cc(C(C)(C)C)cc(C(C)(C)C)c2)[CH-]N1c1[c-]c(Oc2[c-]c3c(cc2)c2cc(C(C)(C)c4ccccc4)ccc2n3-c2cc(C(C)(C)C)ccn2)cc(-c2ccccc2)c1.[Pt]. The molecule has 0 spiro atoms. The number of aromatic nitrogens is 2. The van der Waals surface area contributed by atoms with Crippen LogP contribution in [0.5, 0.6) is 11.5 Å². The Bertz CT molecular complexity index is 3310. The van der Waals surface area contributed by atoms with Crippen LogP contribution >= 0.6 is 0 Å². The van der Waals surface area contributed by atoms with E-state index < -0.39 is 0 Å². The van der Waals surface area contributed by atoms with Gasteiger partial charge in [0.05, 0.1) is 0 Å². The first-order chi connectivity index (χ1) is 33.6. The van der Waals surface area contributed by atoms with Crippen molar-refractivity contribution in [3.63, 3.8) is 0 Å². The van der Waals surface area contributed by atoms with Crippen molar-refractivity contribution in [2.45, 2.75) is 139 Å². The van der Waals surface area contributed by atoms with Crippen LogP contribution in [-0.4, -0.2) is 9.55 Å². The van der Waals surface area contributed by atoms with Gasteiger partial charge >= 0.3 is 0 Å². The van der Waals surface area contributed by atoms with E-state index in [4.69, 9.17) is 9.72 Å². The van der Waals surface area contributed by atoms with Gasteiger partial charge in [0.25, 0.3) is 0 Å². The average molecular weight is 1150 g/mol. The van der Waals surface area contributed by atoms with Gasteiger partial charge in [0.2, 0.25) is 0 Å². The van der Waals surface area contributed by atoms with Crippen molar-refractivity contribution in [2.75, 3.05) is 9.80 Å². The van der Waals surface area contributed by atoms with Gasteiger partial charge in [-0.25, -0.2) is 4.98 Å². The minimum Gasteiger partial charge on any atom is -0.509 e. The number of hydrogen-bond acceptors (Lipinski definition) is 4. The van der Waals surface area contributed by atoms with Crippen LogP contribution in [0, 0.1) is 29.6 Å². The Kier molecular flexibility index (Phi) is 14.0. The van der Waals surface area contributed by atoms with Crippen LogP contribution in [0.25, 0.3) is 38.8 Å². The van der Waals surface area contributed by atoms with E-state index in [9.17, 15) is 0 Å². The minimum atomic E-state index is -0.249. The van der Waals surface area contributed by atoms with Gasteiger partial charge in [0.1, 0.15) is 5.82 Å². The monoisotopic (exact) mass is 1150 g/mol. The van der Waals surface area contributed by atoms with Gasteiger partial charge in [-0.05, 0) is 85.3 Å². The maximum absolute atomic E-state index is 7.07. The first-order valence-electron chi connectivity index (χ1n) is 25.8. The molecule has 1 aliphatic rings. The van der Waals surface area contributed by atoms with Crippen LogP contribution < -0.4 is 14.5 Å². The third-order valence-corrected chi connectivity index (χ3v) is 14.4. The smallest absolute Gasteiger partial charge is 0.135 e. The van der Waals surface area contributed by atoms with Crippen LogP contribution in [-0.2, 0) is 42.7 Å². The molecule has 9 rings (SSSR count). The van der Waals surface area contributed by atoms with Gasteiger partial charge in [0, 0.05) is 77.6 Å². The second kappa shape index (κ2) is 19.1. The average Bonchev–Trinajstić information content (AvgIpc) is 3.89. The molecule has 0 amide bonds. The molecule has 6 aromatic carbocycles. The number of benzene rings is 6. The predicted octanol–water partition coefficient (Wildman–Crippen LogP) is 18.2. The molecule has 6 heteroatoms. The molecule has 0 radical (unpaired) electrons. The van der Waals surface area contributed by atoms with E-state index in [1.165, 1.54) is 39.2 Å². The summed E-state index contributed by atoms with van der Waals surface area (Å²) in [6.07, 6.45) is 1.93. The van der Waals surface area contributed by atoms with Crippen LogP contribution in [0.2, 0.25) is 0 Å². The minimum absolute atomic E-state index is 0. The van der Waals surface area contributed by atoms with Crippen molar-refractivity contribution in [3.05, 3.63) is 198 Å². The summed E-state index contributed by atoms with van der Waals surface area (Å²) in [4.78, 5) is 9.84. The quantitative estimate of drug-likeness (QED) is 0.142. The fourth-order valence-corrected chi connectivity index (χ4v) is 10.2.